The molecule has 14 heteroatoms. The van der Waals surface area contributed by atoms with Crippen molar-refractivity contribution in [3.63, 3.8) is 0 Å². The summed E-state index contributed by atoms with van der Waals surface area (Å²) in [7, 11) is 1.57. The number of carbonyl (C=O) groups excluding carboxylic acids is 1. The minimum absolute atomic E-state index is 0.175. The highest BCUT2D eigenvalue weighted by Crippen LogP contribution is 2.20. The second kappa shape index (κ2) is 9.58. The lowest BCUT2D eigenvalue weighted by Gasteiger charge is -2.06. The first-order valence-electron chi connectivity index (χ1n) is 9.41. The van der Waals surface area contributed by atoms with Crippen LogP contribution in [0.3, 0.4) is 0 Å². The van der Waals surface area contributed by atoms with Crippen molar-refractivity contribution in [1.82, 2.24) is 19.2 Å². The van der Waals surface area contributed by atoms with E-state index in [9.17, 15) is 22.8 Å². The van der Waals surface area contributed by atoms with Crippen LogP contribution in [0, 0.1) is 0 Å². The largest absolute Gasteiger partial charge is 0.497 e. The van der Waals surface area contributed by atoms with Crippen molar-refractivity contribution in [2.24, 2.45) is 5.73 Å². The third-order valence-corrected chi connectivity index (χ3v) is 4.35. The summed E-state index contributed by atoms with van der Waals surface area (Å²) >= 11 is 0. The first-order valence-corrected chi connectivity index (χ1v) is 9.41. The van der Waals surface area contributed by atoms with Crippen molar-refractivity contribution in [3.05, 3.63) is 59.0 Å². The number of amides is 1. The zero-order valence-electron chi connectivity index (χ0n) is 17.4. The average molecular weight is 478 g/mol. The van der Waals surface area contributed by atoms with Crippen LogP contribution in [-0.2, 0) is 9.59 Å². The topological polar surface area (TPSA) is 154 Å². The fourth-order valence-corrected chi connectivity index (χ4v) is 2.81. The number of carboxylic acids is 1. The number of aromatic nitrogens is 4. The summed E-state index contributed by atoms with van der Waals surface area (Å²) in [6, 6.07) is 14.0. The zero-order valence-corrected chi connectivity index (χ0v) is 17.4. The number of methoxy groups -OCH3 is 1. The summed E-state index contributed by atoms with van der Waals surface area (Å²) in [5.74, 6) is -2.34. The Labute approximate surface area is 188 Å². The summed E-state index contributed by atoms with van der Waals surface area (Å²) in [5.41, 5.74) is 6.93. The number of carbonyl (C=O) groups is 2. The van der Waals surface area contributed by atoms with E-state index in [1.807, 2.05) is 0 Å². The fraction of sp³-hybridized carbons (Fsp3) is 0.150. The van der Waals surface area contributed by atoms with Crippen LogP contribution in [0.15, 0.2) is 53.3 Å². The molecule has 4 rings (SSSR count). The molecule has 0 spiro atoms. The molecule has 4 aromatic rings. The molecule has 0 bridgehead atoms. The van der Waals surface area contributed by atoms with E-state index in [1.165, 1.54) is 9.08 Å². The van der Waals surface area contributed by atoms with E-state index >= 15 is 0 Å². The predicted octanol–water partition coefficient (Wildman–Crippen LogP) is 1.57. The molecule has 2 aromatic heterocycles. The van der Waals surface area contributed by atoms with Crippen LogP contribution in [0.4, 0.5) is 19.0 Å². The van der Waals surface area contributed by atoms with Crippen LogP contribution in [-0.4, -0.2) is 56.0 Å². The maximum Gasteiger partial charge on any atom is 0.490 e. The Morgan fingerprint density at radius 3 is 2.32 bits per heavy atom. The number of aliphatic carboxylic acids is 1. The number of para-hydroxylation sites is 2. The lowest BCUT2D eigenvalue weighted by atomic mass is 10.3. The van der Waals surface area contributed by atoms with Gasteiger partial charge in [0.2, 0.25) is 11.6 Å². The minimum Gasteiger partial charge on any atom is -0.497 e. The normalized spacial score (nSPS) is 11.1. The Hall–Kier alpha value is -4.46. The van der Waals surface area contributed by atoms with Crippen LogP contribution < -0.4 is 21.5 Å². The third-order valence-electron chi connectivity index (χ3n) is 4.35. The second-order valence-corrected chi connectivity index (χ2v) is 6.56. The van der Waals surface area contributed by atoms with Gasteiger partial charge in [-0.2, -0.15) is 17.9 Å². The minimum atomic E-state index is -5.08. The Kier molecular flexibility index (Phi) is 6.81. The van der Waals surface area contributed by atoms with Crippen LogP contribution >= 0.6 is 0 Å². The number of fused-ring (bicyclic) bond motifs is 3. The lowest BCUT2D eigenvalue weighted by molar-refractivity contribution is -0.192. The third kappa shape index (κ3) is 4.96. The fourth-order valence-electron chi connectivity index (χ4n) is 2.81. The van der Waals surface area contributed by atoms with Crippen LogP contribution in [0.1, 0.15) is 0 Å². The van der Waals surface area contributed by atoms with Crippen molar-refractivity contribution >= 4 is 34.4 Å². The number of benzene rings is 2. The summed E-state index contributed by atoms with van der Waals surface area (Å²) in [6.07, 6.45) is -5.08. The van der Waals surface area contributed by atoms with Crippen molar-refractivity contribution in [3.8, 4) is 11.4 Å². The van der Waals surface area contributed by atoms with E-state index in [0.717, 1.165) is 0 Å². The molecule has 0 saturated carbocycles. The molecule has 0 unspecified atom stereocenters. The number of hydrogen-bond acceptors (Lipinski definition) is 7. The smallest absolute Gasteiger partial charge is 0.490 e. The Balaban J connectivity index is 0.000000406. The molecule has 0 aliphatic carbocycles. The van der Waals surface area contributed by atoms with Crippen LogP contribution in [0.25, 0.3) is 22.4 Å². The van der Waals surface area contributed by atoms with Crippen molar-refractivity contribution in [1.29, 1.82) is 0 Å². The van der Waals surface area contributed by atoms with Gasteiger partial charge in [0.15, 0.2) is 5.82 Å². The second-order valence-electron chi connectivity index (χ2n) is 6.56. The number of halogens is 3. The standard InChI is InChI=1S/C18H16N6O3.C2HF3O2/c1-27-12-8-6-11(7-9-12)24-18(26)23-14-5-3-2-4-13(14)20-16(17(23)22-24)21-15(25)10-19;3-2(4,5)1(6)7/h2-9H,10,19H2,1H3,(H,20,21,25);(H,6,7). The van der Waals surface area contributed by atoms with Crippen LogP contribution in [0.2, 0.25) is 0 Å². The Bertz CT molecular complexity index is 1410. The van der Waals surface area contributed by atoms with Crippen molar-refractivity contribution in [2.75, 3.05) is 19.0 Å². The lowest BCUT2D eigenvalue weighted by Crippen LogP contribution is -2.23. The first-order chi connectivity index (χ1) is 16.1. The Morgan fingerprint density at radius 2 is 1.76 bits per heavy atom. The number of nitrogens with two attached hydrogens (primary N) is 1. The number of nitrogens with zero attached hydrogens (tertiary/aromatic N) is 4. The molecule has 1 amide bonds. The molecule has 0 aliphatic rings. The molecule has 0 aliphatic heterocycles. The number of ether oxygens (including phenoxy) is 1. The van der Waals surface area contributed by atoms with Gasteiger partial charge in [0.05, 0.1) is 30.4 Å². The van der Waals surface area contributed by atoms with Gasteiger partial charge in [-0.05, 0) is 36.4 Å². The molecule has 0 atom stereocenters. The molecule has 0 saturated heterocycles. The van der Waals surface area contributed by atoms with Gasteiger partial charge in [0.25, 0.3) is 0 Å². The number of hydrogen-bond donors (Lipinski definition) is 3. The molecule has 2 aromatic carbocycles. The first kappa shape index (κ1) is 24.2. The van der Waals surface area contributed by atoms with E-state index in [-0.39, 0.29) is 23.7 Å². The molecule has 0 fully saturated rings. The maximum absolute atomic E-state index is 13.1. The predicted molar refractivity (Wildman–Crippen MR) is 114 cm³/mol. The molecular weight excluding hydrogens is 461 g/mol. The molecular formula is C20H17F3N6O5. The number of alkyl halides is 3. The summed E-state index contributed by atoms with van der Waals surface area (Å²) in [5, 5.41) is 14.1. The average Bonchev–Trinajstić information content (AvgIpc) is 3.16. The highest BCUT2D eigenvalue weighted by atomic mass is 19.4. The monoisotopic (exact) mass is 478 g/mol. The van der Waals surface area contributed by atoms with E-state index < -0.39 is 18.1 Å². The van der Waals surface area contributed by atoms with Gasteiger partial charge < -0.3 is 20.9 Å². The van der Waals surface area contributed by atoms with E-state index in [0.29, 0.717) is 22.5 Å². The summed E-state index contributed by atoms with van der Waals surface area (Å²) in [4.78, 5) is 38.2. The Morgan fingerprint density at radius 1 is 1.15 bits per heavy atom. The number of nitrogens with one attached hydrogen (secondary N) is 1. The molecule has 178 valence electrons. The highest BCUT2D eigenvalue weighted by Gasteiger charge is 2.38. The molecule has 11 nitrogen and oxygen atoms in total. The van der Waals surface area contributed by atoms with Gasteiger partial charge in [-0.3, -0.25) is 4.79 Å². The molecule has 0 radical (unpaired) electrons. The van der Waals surface area contributed by atoms with Crippen molar-refractivity contribution < 1.29 is 32.6 Å². The van der Waals surface area contributed by atoms with Crippen molar-refractivity contribution in [2.45, 2.75) is 6.18 Å². The summed E-state index contributed by atoms with van der Waals surface area (Å²) < 4.78 is 39.5. The van der Waals surface area contributed by atoms with Gasteiger partial charge in [0.1, 0.15) is 5.75 Å². The van der Waals surface area contributed by atoms with Crippen LogP contribution in [0.5, 0.6) is 5.75 Å². The number of rotatable bonds is 4. The van der Waals surface area contributed by atoms with Gasteiger partial charge in [-0.15, -0.1) is 5.10 Å². The molecule has 4 N–H and O–H groups in total. The van der Waals surface area contributed by atoms with E-state index in [2.05, 4.69) is 15.4 Å². The van der Waals surface area contributed by atoms with Gasteiger partial charge in [-0.25, -0.2) is 19.0 Å². The maximum atomic E-state index is 13.1. The SMILES string of the molecule is COc1ccc(-n2nc3c(NC(=O)CN)nc4ccccc4n3c2=O)cc1.O=C(O)C(F)(F)F. The van der Waals surface area contributed by atoms with Gasteiger partial charge >= 0.3 is 17.8 Å². The van der Waals surface area contributed by atoms with Gasteiger partial charge in [0, 0.05) is 0 Å². The van der Waals surface area contributed by atoms with E-state index in [1.54, 1.807) is 55.6 Å². The highest BCUT2D eigenvalue weighted by molar-refractivity contribution is 5.96. The van der Waals surface area contributed by atoms with E-state index in [4.69, 9.17) is 20.4 Å². The summed E-state index contributed by atoms with van der Waals surface area (Å²) in [6.45, 7) is -0.204. The zero-order chi connectivity index (χ0) is 25.0. The van der Waals surface area contributed by atoms with Gasteiger partial charge in [-0.1, -0.05) is 12.1 Å². The molecule has 2 heterocycles. The number of carboxylic acid groups (broad SMARTS) is 1. The quantitative estimate of drug-likeness (QED) is 0.399. The molecule has 34 heavy (non-hydrogen) atoms. The number of anilines is 1.